The van der Waals surface area contributed by atoms with E-state index < -0.39 is 0 Å². The largest absolute Gasteiger partial charge is 0.322 e. The van der Waals surface area contributed by atoms with Crippen LogP contribution in [0, 0.1) is 5.41 Å². The summed E-state index contributed by atoms with van der Waals surface area (Å²) in [5, 5.41) is 2.91. The number of likely N-dealkylation sites (tertiary alicyclic amines) is 1. The van der Waals surface area contributed by atoms with Gasteiger partial charge in [-0.3, -0.25) is 0 Å². The third-order valence-corrected chi connectivity index (χ3v) is 3.66. The van der Waals surface area contributed by atoms with E-state index in [0.29, 0.717) is 6.04 Å². The standard InChI is InChI=1S/C14H26N2O/c1-11(14(3,4)5)10-15-13(17)16-9-7-6-8-12(16)2/h10,12H,6-9H2,1-5H3,(H,15,17)/b11-10+. The molecule has 0 aromatic heterocycles. The minimum absolute atomic E-state index is 0.0424. The van der Waals surface area contributed by atoms with Crippen LogP contribution < -0.4 is 5.32 Å². The maximum atomic E-state index is 12.0. The third-order valence-electron chi connectivity index (χ3n) is 3.66. The summed E-state index contributed by atoms with van der Waals surface area (Å²) in [6.45, 7) is 11.5. The number of carbonyl (C=O) groups excluding carboxylic acids is 1. The Balaban J connectivity index is 2.54. The summed E-state index contributed by atoms with van der Waals surface area (Å²) < 4.78 is 0. The van der Waals surface area contributed by atoms with Crippen LogP contribution in [0.25, 0.3) is 0 Å². The number of amides is 2. The second-order valence-electron chi connectivity index (χ2n) is 6.07. The zero-order chi connectivity index (χ0) is 13.1. The molecule has 0 aliphatic carbocycles. The van der Waals surface area contributed by atoms with Gasteiger partial charge in [-0.05, 0) is 38.5 Å². The number of piperidine rings is 1. The van der Waals surface area contributed by atoms with Gasteiger partial charge in [-0.15, -0.1) is 0 Å². The van der Waals surface area contributed by atoms with Gasteiger partial charge in [0.2, 0.25) is 0 Å². The highest BCUT2D eigenvalue weighted by atomic mass is 16.2. The van der Waals surface area contributed by atoms with Crippen molar-refractivity contribution >= 4 is 6.03 Å². The number of hydrogen-bond acceptors (Lipinski definition) is 1. The van der Waals surface area contributed by atoms with E-state index >= 15 is 0 Å². The SMILES string of the molecule is C/C(=C\NC(=O)N1CCCCC1C)C(C)(C)C. The molecule has 1 aliphatic heterocycles. The number of hydrogen-bond donors (Lipinski definition) is 1. The highest BCUT2D eigenvalue weighted by molar-refractivity contribution is 5.75. The molecular formula is C14H26N2O. The Morgan fingerprint density at radius 1 is 1.35 bits per heavy atom. The molecular weight excluding hydrogens is 212 g/mol. The van der Waals surface area contributed by atoms with Crippen molar-refractivity contribution in [2.75, 3.05) is 6.54 Å². The number of allylic oxidation sites excluding steroid dienone is 1. The molecule has 0 saturated carbocycles. The number of rotatable bonds is 1. The molecule has 0 spiro atoms. The molecule has 1 N–H and O–H groups in total. The Hall–Kier alpha value is -0.990. The van der Waals surface area contributed by atoms with Gasteiger partial charge in [0.1, 0.15) is 0 Å². The quantitative estimate of drug-likeness (QED) is 0.745. The summed E-state index contributed by atoms with van der Waals surface area (Å²) in [6.07, 6.45) is 5.33. The van der Waals surface area contributed by atoms with Crippen LogP contribution in [-0.2, 0) is 0 Å². The Morgan fingerprint density at radius 3 is 2.53 bits per heavy atom. The number of carbonyl (C=O) groups is 1. The molecule has 3 heteroatoms. The summed E-state index contributed by atoms with van der Waals surface area (Å²) in [7, 11) is 0. The van der Waals surface area contributed by atoms with Crippen LogP contribution in [0.15, 0.2) is 11.8 Å². The molecule has 3 nitrogen and oxygen atoms in total. The molecule has 1 heterocycles. The van der Waals surface area contributed by atoms with E-state index in [0.717, 1.165) is 19.4 Å². The van der Waals surface area contributed by atoms with Gasteiger partial charge in [-0.25, -0.2) is 4.79 Å². The van der Waals surface area contributed by atoms with Gasteiger partial charge in [0.05, 0.1) is 0 Å². The van der Waals surface area contributed by atoms with Crippen molar-refractivity contribution in [2.24, 2.45) is 5.41 Å². The zero-order valence-corrected chi connectivity index (χ0v) is 11.8. The van der Waals surface area contributed by atoms with E-state index in [-0.39, 0.29) is 11.4 Å². The molecule has 1 atom stereocenters. The van der Waals surface area contributed by atoms with Gasteiger partial charge in [0.25, 0.3) is 0 Å². The fourth-order valence-electron chi connectivity index (χ4n) is 1.87. The molecule has 0 radical (unpaired) electrons. The molecule has 1 aliphatic rings. The average Bonchev–Trinajstić information content (AvgIpc) is 2.24. The summed E-state index contributed by atoms with van der Waals surface area (Å²) in [5.74, 6) is 0. The first-order chi connectivity index (χ1) is 7.82. The molecule has 1 rings (SSSR count). The van der Waals surface area contributed by atoms with E-state index in [1.54, 1.807) is 0 Å². The molecule has 0 aromatic carbocycles. The lowest BCUT2D eigenvalue weighted by Crippen LogP contribution is -2.46. The Bertz CT molecular complexity index is 302. The number of nitrogens with zero attached hydrogens (tertiary/aromatic N) is 1. The molecule has 1 fully saturated rings. The Morgan fingerprint density at radius 2 is 2.00 bits per heavy atom. The minimum atomic E-state index is 0.0424. The van der Waals surface area contributed by atoms with E-state index in [1.165, 1.54) is 12.0 Å². The fourth-order valence-corrected chi connectivity index (χ4v) is 1.87. The molecule has 0 bridgehead atoms. The molecule has 0 aromatic rings. The first-order valence-corrected chi connectivity index (χ1v) is 6.57. The lowest BCUT2D eigenvalue weighted by atomic mass is 9.88. The van der Waals surface area contributed by atoms with Crippen molar-refractivity contribution < 1.29 is 4.79 Å². The van der Waals surface area contributed by atoms with E-state index in [4.69, 9.17) is 0 Å². The van der Waals surface area contributed by atoms with Gasteiger partial charge < -0.3 is 10.2 Å². The van der Waals surface area contributed by atoms with Crippen LogP contribution in [0.5, 0.6) is 0 Å². The van der Waals surface area contributed by atoms with Crippen molar-refractivity contribution in [2.45, 2.75) is 59.9 Å². The highest BCUT2D eigenvalue weighted by Gasteiger charge is 2.22. The van der Waals surface area contributed by atoms with Crippen LogP contribution in [0.2, 0.25) is 0 Å². The van der Waals surface area contributed by atoms with Gasteiger partial charge >= 0.3 is 6.03 Å². The average molecular weight is 238 g/mol. The first-order valence-electron chi connectivity index (χ1n) is 6.57. The summed E-state index contributed by atoms with van der Waals surface area (Å²) >= 11 is 0. The second-order valence-corrected chi connectivity index (χ2v) is 6.07. The fraction of sp³-hybridized carbons (Fsp3) is 0.786. The van der Waals surface area contributed by atoms with Crippen LogP contribution in [0.3, 0.4) is 0 Å². The van der Waals surface area contributed by atoms with Crippen LogP contribution in [0.4, 0.5) is 4.79 Å². The lowest BCUT2D eigenvalue weighted by molar-refractivity contribution is 0.161. The summed E-state index contributed by atoms with van der Waals surface area (Å²) in [6, 6.07) is 0.410. The minimum Gasteiger partial charge on any atom is -0.322 e. The van der Waals surface area contributed by atoms with E-state index in [1.807, 2.05) is 11.1 Å². The first kappa shape index (κ1) is 14.1. The third kappa shape index (κ3) is 4.06. The maximum Gasteiger partial charge on any atom is 0.321 e. The van der Waals surface area contributed by atoms with Crippen LogP contribution in [-0.4, -0.2) is 23.5 Å². The van der Waals surface area contributed by atoms with E-state index in [2.05, 4.69) is 39.9 Å². The maximum absolute atomic E-state index is 12.0. The molecule has 1 unspecified atom stereocenters. The van der Waals surface area contributed by atoms with Crippen molar-refractivity contribution in [3.63, 3.8) is 0 Å². The van der Waals surface area contributed by atoms with Crippen molar-refractivity contribution in [3.05, 3.63) is 11.8 Å². The summed E-state index contributed by atoms with van der Waals surface area (Å²) in [4.78, 5) is 14.0. The molecule has 98 valence electrons. The number of nitrogens with one attached hydrogen (secondary N) is 1. The Kier molecular flexibility index (Phi) is 4.61. The normalized spacial score (nSPS) is 22.5. The lowest BCUT2D eigenvalue weighted by Gasteiger charge is -2.33. The van der Waals surface area contributed by atoms with Crippen LogP contribution >= 0.6 is 0 Å². The van der Waals surface area contributed by atoms with Crippen molar-refractivity contribution in [1.82, 2.24) is 10.2 Å². The van der Waals surface area contributed by atoms with Crippen molar-refractivity contribution in [1.29, 1.82) is 0 Å². The Labute approximate surface area is 105 Å². The van der Waals surface area contributed by atoms with Gasteiger partial charge in [0, 0.05) is 18.8 Å². The van der Waals surface area contributed by atoms with Gasteiger partial charge in [-0.1, -0.05) is 26.3 Å². The molecule has 2 amide bonds. The zero-order valence-electron chi connectivity index (χ0n) is 11.8. The monoisotopic (exact) mass is 238 g/mol. The highest BCUT2D eigenvalue weighted by Crippen LogP contribution is 2.23. The molecule has 17 heavy (non-hydrogen) atoms. The smallest absolute Gasteiger partial charge is 0.321 e. The van der Waals surface area contributed by atoms with Gasteiger partial charge in [-0.2, -0.15) is 0 Å². The second kappa shape index (κ2) is 5.56. The predicted molar refractivity (Wildman–Crippen MR) is 71.8 cm³/mol. The van der Waals surface area contributed by atoms with Crippen molar-refractivity contribution in [3.8, 4) is 0 Å². The number of urea groups is 1. The molecule has 1 saturated heterocycles. The van der Waals surface area contributed by atoms with Crippen LogP contribution in [0.1, 0.15) is 53.9 Å². The summed E-state index contributed by atoms with van der Waals surface area (Å²) in [5.41, 5.74) is 1.30. The van der Waals surface area contributed by atoms with E-state index in [9.17, 15) is 4.79 Å². The van der Waals surface area contributed by atoms with Gasteiger partial charge in [0.15, 0.2) is 0 Å². The predicted octanol–water partition coefficient (Wildman–Crippen LogP) is 3.52. The topological polar surface area (TPSA) is 32.3 Å².